The van der Waals surface area contributed by atoms with E-state index in [0.29, 0.717) is 0 Å². The highest BCUT2D eigenvalue weighted by molar-refractivity contribution is 5.69. The fourth-order valence-electron chi connectivity index (χ4n) is 0.391. The van der Waals surface area contributed by atoms with Crippen LogP contribution in [0.2, 0.25) is 0 Å². The van der Waals surface area contributed by atoms with E-state index < -0.39 is 11.9 Å². The molecule has 0 aliphatic heterocycles. The summed E-state index contributed by atoms with van der Waals surface area (Å²) < 4.78 is 0. The molecule has 0 rings (SSSR count). The van der Waals surface area contributed by atoms with Gasteiger partial charge in [-0.15, -0.1) is 0 Å². The highest BCUT2D eigenvalue weighted by Gasteiger charge is 1.99. The average Bonchev–Trinajstić information content (AvgIpc) is 1.90. The molecule has 0 amide bonds. The van der Waals surface area contributed by atoms with Crippen molar-refractivity contribution in [3.8, 4) is 0 Å². The number of rotatable bonds is 4. The first-order valence-corrected chi connectivity index (χ1v) is 2.85. The molecule has 0 saturated carbocycles. The van der Waals surface area contributed by atoms with Gasteiger partial charge in [-0.2, -0.15) is 0 Å². The van der Waals surface area contributed by atoms with Gasteiger partial charge in [0.2, 0.25) is 0 Å². The van der Waals surface area contributed by atoms with E-state index in [9.17, 15) is 9.59 Å². The zero-order chi connectivity index (χ0) is 9.28. The molecule has 0 aromatic rings. The van der Waals surface area contributed by atoms with Gasteiger partial charge < -0.3 is 15.0 Å². The first-order valence-electron chi connectivity index (χ1n) is 2.85. The van der Waals surface area contributed by atoms with Gasteiger partial charge in [0.1, 0.15) is 6.79 Å². The van der Waals surface area contributed by atoms with Crippen LogP contribution >= 0.6 is 0 Å². The summed E-state index contributed by atoms with van der Waals surface area (Å²) in [5.74, 6) is -1.90. The van der Waals surface area contributed by atoms with E-state index in [1.807, 2.05) is 6.79 Å². The van der Waals surface area contributed by atoms with Crippen LogP contribution in [0.15, 0.2) is 0 Å². The molecule has 0 atom stereocenters. The molecule has 0 aliphatic rings. The lowest BCUT2D eigenvalue weighted by Crippen LogP contribution is -1.98. The van der Waals surface area contributed by atoms with Crippen LogP contribution in [0.1, 0.15) is 19.3 Å². The average molecular weight is 162 g/mol. The summed E-state index contributed by atoms with van der Waals surface area (Å²) in [6.45, 7) is 2.00. The predicted molar refractivity (Wildman–Crippen MR) is 36.2 cm³/mol. The summed E-state index contributed by atoms with van der Waals surface area (Å²) >= 11 is 0. The van der Waals surface area contributed by atoms with Crippen molar-refractivity contribution in [2.24, 2.45) is 0 Å². The number of carbonyl (C=O) groups excluding carboxylic acids is 1. The van der Waals surface area contributed by atoms with Gasteiger partial charge in [0.05, 0.1) is 0 Å². The summed E-state index contributed by atoms with van der Waals surface area (Å²) in [7, 11) is 0. The smallest absolute Gasteiger partial charge is 0.303 e. The highest BCUT2D eigenvalue weighted by atomic mass is 16.4. The molecule has 0 saturated heterocycles. The van der Waals surface area contributed by atoms with Crippen LogP contribution in [0.5, 0.6) is 0 Å². The molecule has 5 heteroatoms. The van der Waals surface area contributed by atoms with Gasteiger partial charge in [-0.1, -0.05) is 0 Å². The number of aliphatic carboxylic acids is 2. The monoisotopic (exact) mass is 162 g/mol. The Hall–Kier alpha value is -1.39. The molecule has 0 aromatic heterocycles. The Labute approximate surface area is 63.6 Å². The van der Waals surface area contributed by atoms with E-state index in [4.69, 9.17) is 15.0 Å². The van der Waals surface area contributed by atoms with Crippen LogP contribution in [0.25, 0.3) is 0 Å². The molecule has 2 N–H and O–H groups in total. The van der Waals surface area contributed by atoms with Crippen LogP contribution in [-0.2, 0) is 14.4 Å². The first-order chi connectivity index (χ1) is 5.13. The van der Waals surface area contributed by atoms with Crippen LogP contribution < -0.4 is 0 Å². The van der Waals surface area contributed by atoms with Gasteiger partial charge in [0.15, 0.2) is 0 Å². The number of carboxylic acids is 2. The summed E-state index contributed by atoms with van der Waals surface area (Å²) in [6.07, 6.45) is 0.0866. The Morgan fingerprint density at radius 2 is 1.27 bits per heavy atom. The molecule has 0 heterocycles. The molecular formula is C6H10O5. The summed E-state index contributed by atoms with van der Waals surface area (Å²) in [5.41, 5.74) is 0. The third-order valence-corrected chi connectivity index (χ3v) is 0.781. The van der Waals surface area contributed by atoms with E-state index in [2.05, 4.69) is 0 Å². The van der Waals surface area contributed by atoms with Crippen LogP contribution in [0.3, 0.4) is 0 Å². The lowest BCUT2D eigenvalue weighted by Gasteiger charge is -1.89. The molecule has 0 fully saturated rings. The SMILES string of the molecule is C=O.O=C(O)CCCC(=O)O. The van der Waals surface area contributed by atoms with Crippen LogP contribution in [-0.4, -0.2) is 28.9 Å². The Kier molecular flexibility index (Phi) is 9.63. The van der Waals surface area contributed by atoms with Gasteiger partial charge in [0.25, 0.3) is 0 Å². The molecule has 0 aromatic carbocycles. The number of hydrogen-bond donors (Lipinski definition) is 2. The normalized spacial score (nSPS) is 7.64. The van der Waals surface area contributed by atoms with Crippen LogP contribution in [0.4, 0.5) is 0 Å². The Bertz CT molecular complexity index is 117. The topological polar surface area (TPSA) is 91.7 Å². The van der Waals surface area contributed by atoms with Crippen molar-refractivity contribution in [1.82, 2.24) is 0 Å². The largest absolute Gasteiger partial charge is 0.481 e. The van der Waals surface area contributed by atoms with E-state index in [1.54, 1.807) is 0 Å². The van der Waals surface area contributed by atoms with Crippen molar-refractivity contribution < 1.29 is 24.6 Å². The molecule has 5 nitrogen and oxygen atoms in total. The maximum atomic E-state index is 9.79. The second-order valence-corrected chi connectivity index (χ2v) is 1.64. The van der Waals surface area contributed by atoms with Crippen molar-refractivity contribution in [3.05, 3.63) is 0 Å². The van der Waals surface area contributed by atoms with Crippen molar-refractivity contribution in [2.45, 2.75) is 19.3 Å². The Morgan fingerprint density at radius 1 is 1.00 bits per heavy atom. The lowest BCUT2D eigenvalue weighted by molar-refractivity contribution is -0.138. The van der Waals surface area contributed by atoms with Crippen LogP contribution in [0, 0.1) is 0 Å². The zero-order valence-electron chi connectivity index (χ0n) is 5.95. The maximum Gasteiger partial charge on any atom is 0.303 e. The molecule has 64 valence electrons. The molecule has 0 radical (unpaired) electrons. The minimum atomic E-state index is -0.948. The van der Waals surface area contributed by atoms with Crippen molar-refractivity contribution in [2.75, 3.05) is 0 Å². The van der Waals surface area contributed by atoms with Crippen molar-refractivity contribution in [1.29, 1.82) is 0 Å². The Balaban J connectivity index is 0. The van der Waals surface area contributed by atoms with Gasteiger partial charge >= 0.3 is 11.9 Å². The number of carboxylic acid groups (broad SMARTS) is 2. The maximum absolute atomic E-state index is 9.79. The molecule has 0 unspecified atom stereocenters. The molecule has 11 heavy (non-hydrogen) atoms. The second kappa shape index (κ2) is 8.61. The molecule has 0 aliphatic carbocycles. The van der Waals surface area contributed by atoms with Crippen molar-refractivity contribution >= 4 is 18.7 Å². The van der Waals surface area contributed by atoms with Crippen molar-refractivity contribution in [3.63, 3.8) is 0 Å². The number of carbonyl (C=O) groups is 3. The summed E-state index contributed by atoms with van der Waals surface area (Å²) in [5, 5.41) is 16.1. The summed E-state index contributed by atoms with van der Waals surface area (Å²) in [6, 6.07) is 0. The minimum Gasteiger partial charge on any atom is -0.481 e. The van der Waals surface area contributed by atoms with Gasteiger partial charge in [-0.05, 0) is 6.42 Å². The highest BCUT2D eigenvalue weighted by Crippen LogP contribution is 1.93. The predicted octanol–water partition coefficient (Wildman–Crippen LogP) is 0.141. The number of hydrogen-bond acceptors (Lipinski definition) is 3. The molecule has 0 bridgehead atoms. The van der Waals surface area contributed by atoms with E-state index >= 15 is 0 Å². The Morgan fingerprint density at radius 3 is 1.45 bits per heavy atom. The standard InChI is InChI=1S/C5H8O4.CH2O/c6-4(7)2-1-3-5(8)9;1-2/h1-3H2,(H,6,7)(H,8,9);1H2. The second-order valence-electron chi connectivity index (χ2n) is 1.64. The van der Waals surface area contributed by atoms with E-state index in [0.717, 1.165) is 0 Å². The van der Waals surface area contributed by atoms with E-state index in [1.165, 1.54) is 0 Å². The van der Waals surface area contributed by atoms with Gasteiger partial charge in [0, 0.05) is 12.8 Å². The molecule has 0 spiro atoms. The van der Waals surface area contributed by atoms with Gasteiger partial charge in [-0.3, -0.25) is 9.59 Å². The summed E-state index contributed by atoms with van der Waals surface area (Å²) in [4.78, 5) is 27.6. The van der Waals surface area contributed by atoms with E-state index in [-0.39, 0.29) is 19.3 Å². The third kappa shape index (κ3) is 17.7. The quantitative estimate of drug-likeness (QED) is 0.613. The first kappa shape index (κ1) is 12.3. The minimum absolute atomic E-state index is 0.0632. The lowest BCUT2D eigenvalue weighted by atomic mass is 10.2. The fourth-order valence-corrected chi connectivity index (χ4v) is 0.391. The molecular weight excluding hydrogens is 152 g/mol. The zero-order valence-corrected chi connectivity index (χ0v) is 5.95. The van der Waals surface area contributed by atoms with Gasteiger partial charge in [-0.25, -0.2) is 0 Å². The fraction of sp³-hybridized carbons (Fsp3) is 0.500. The third-order valence-electron chi connectivity index (χ3n) is 0.781.